The van der Waals surface area contributed by atoms with Crippen LogP contribution in [0.2, 0.25) is 0 Å². The van der Waals surface area contributed by atoms with Gasteiger partial charge in [-0.3, -0.25) is 9.59 Å². The van der Waals surface area contributed by atoms with Gasteiger partial charge in [0, 0.05) is 17.5 Å². The molecule has 3 aromatic rings. The van der Waals surface area contributed by atoms with E-state index in [-0.39, 0.29) is 17.2 Å². The molecule has 1 aromatic carbocycles. The van der Waals surface area contributed by atoms with Gasteiger partial charge in [-0.2, -0.15) is 0 Å². The van der Waals surface area contributed by atoms with Gasteiger partial charge in [-0.1, -0.05) is 55.9 Å². The van der Waals surface area contributed by atoms with Gasteiger partial charge < -0.3 is 10.3 Å². The van der Waals surface area contributed by atoms with Crippen LogP contribution in [0.3, 0.4) is 0 Å². The van der Waals surface area contributed by atoms with E-state index in [9.17, 15) is 9.59 Å². The van der Waals surface area contributed by atoms with Gasteiger partial charge in [0.25, 0.3) is 5.56 Å². The summed E-state index contributed by atoms with van der Waals surface area (Å²) < 4.78 is 0. The fraction of sp³-hybridized carbons (Fsp3) is 0.316. The largest absolute Gasteiger partial charge is 0.355 e. The van der Waals surface area contributed by atoms with Crippen molar-refractivity contribution in [2.24, 2.45) is 5.92 Å². The smallest absolute Gasteiger partial charge is 0.260 e. The van der Waals surface area contributed by atoms with Crippen molar-refractivity contribution in [1.82, 2.24) is 15.3 Å². The number of carbonyl (C=O) groups excluding carboxylic acids is 1. The van der Waals surface area contributed by atoms with Crippen LogP contribution in [-0.4, -0.2) is 28.2 Å². The van der Waals surface area contributed by atoms with Gasteiger partial charge in [-0.25, -0.2) is 4.98 Å². The quantitative estimate of drug-likeness (QED) is 0.476. The molecule has 0 radical (unpaired) electrons. The molecule has 0 unspecified atom stereocenters. The van der Waals surface area contributed by atoms with Gasteiger partial charge in [-0.05, 0) is 17.9 Å². The second-order valence-electron chi connectivity index (χ2n) is 6.39. The molecule has 136 valence electrons. The zero-order chi connectivity index (χ0) is 18.5. The molecule has 0 spiro atoms. The number of aromatic nitrogens is 2. The lowest BCUT2D eigenvalue weighted by atomic mass is 10.1. The fourth-order valence-corrected chi connectivity index (χ4v) is 4.21. The Morgan fingerprint density at radius 3 is 2.81 bits per heavy atom. The number of benzene rings is 1. The normalized spacial score (nSPS) is 11.2. The van der Waals surface area contributed by atoms with Crippen molar-refractivity contribution < 1.29 is 4.79 Å². The average Bonchev–Trinajstić information content (AvgIpc) is 3.05. The minimum atomic E-state index is -0.169. The first kappa shape index (κ1) is 18.7. The summed E-state index contributed by atoms with van der Waals surface area (Å²) in [5.74, 6) is 0.749. The van der Waals surface area contributed by atoms with E-state index in [0.29, 0.717) is 27.8 Å². The number of thiophene rings is 1. The molecule has 1 amide bonds. The molecule has 26 heavy (non-hydrogen) atoms. The van der Waals surface area contributed by atoms with Crippen LogP contribution in [-0.2, 0) is 4.79 Å². The van der Waals surface area contributed by atoms with Crippen LogP contribution in [0.15, 0.2) is 45.7 Å². The summed E-state index contributed by atoms with van der Waals surface area (Å²) in [6.07, 6.45) is 0.953. The molecule has 0 fully saturated rings. The van der Waals surface area contributed by atoms with E-state index in [0.717, 1.165) is 17.5 Å². The van der Waals surface area contributed by atoms with Crippen molar-refractivity contribution in [3.63, 3.8) is 0 Å². The minimum absolute atomic E-state index is 0.0467. The highest BCUT2D eigenvalue weighted by molar-refractivity contribution is 7.99. The molecule has 0 atom stereocenters. The van der Waals surface area contributed by atoms with E-state index in [1.54, 1.807) is 0 Å². The molecular formula is C19H21N3O2S2. The molecule has 0 saturated heterocycles. The predicted molar refractivity (Wildman–Crippen MR) is 109 cm³/mol. The molecule has 2 aromatic heterocycles. The van der Waals surface area contributed by atoms with Crippen LogP contribution < -0.4 is 10.9 Å². The molecule has 2 heterocycles. The molecule has 0 aliphatic carbocycles. The first-order valence-electron chi connectivity index (χ1n) is 8.51. The molecule has 0 bridgehead atoms. The number of fused-ring (bicyclic) bond motifs is 1. The summed E-state index contributed by atoms with van der Waals surface area (Å²) >= 11 is 2.69. The Balaban J connectivity index is 1.72. The van der Waals surface area contributed by atoms with Crippen LogP contribution in [0.25, 0.3) is 21.3 Å². The molecule has 0 aliphatic rings. The SMILES string of the molecule is CC(C)CCNC(=O)CSc1nc2scc(-c3ccccc3)c2c(=O)[nH]1. The van der Waals surface area contributed by atoms with Gasteiger partial charge >= 0.3 is 0 Å². The standard InChI is InChI=1S/C19H21N3O2S2/c1-12(2)8-9-20-15(23)11-26-19-21-17(24)16-14(10-25-18(16)22-19)13-6-4-3-5-7-13/h3-7,10,12H,8-9,11H2,1-2H3,(H,20,23)(H,21,22,24). The van der Waals surface area contributed by atoms with Crippen molar-refractivity contribution in [3.05, 3.63) is 46.1 Å². The van der Waals surface area contributed by atoms with E-state index < -0.39 is 0 Å². The highest BCUT2D eigenvalue weighted by Gasteiger charge is 2.13. The first-order valence-corrected chi connectivity index (χ1v) is 10.4. The molecular weight excluding hydrogens is 366 g/mol. The van der Waals surface area contributed by atoms with Gasteiger partial charge in [0.05, 0.1) is 11.1 Å². The van der Waals surface area contributed by atoms with Gasteiger partial charge in [-0.15, -0.1) is 11.3 Å². The number of hydrogen-bond acceptors (Lipinski definition) is 5. The lowest BCUT2D eigenvalue weighted by Crippen LogP contribution is -2.27. The van der Waals surface area contributed by atoms with E-state index in [4.69, 9.17) is 0 Å². The second kappa shape index (κ2) is 8.51. The highest BCUT2D eigenvalue weighted by Crippen LogP contribution is 2.31. The van der Waals surface area contributed by atoms with Crippen LogP contribution in [0, 0.1) is 5.92 Å². The summed E-state index contributed by atoms with van der Waals surface area (Å²) in [6, 6.07) is 9.79. The van der Waals surface area contributed by atoms with E-state index in [1.807, 2.05) is 35.7 Å². The molecule has 0 saturated carbocycles. The van der Waals surface area contributed by atoms with E-state index in [2.05, 4.69) is 29.1 Å². The van der Waals surface area contributed by atoms with Crippen LogP contribution in [0.4, 0.5) is 0 Å². The number of aromatic amines is 1. The van der Waals surface area contributed by atoms with Crippen molar-refractivity contribution in [2.75, 3.05) is 12.3 Å². The summed E-state index contributed by atoms with van der Waals surface area (Å²) in [7, 11) is 0. The number of amides is 1. The Kier molecular flexibility index (Phi) is 6.11. The minimum Gasteiger partial charge on any atom is -0.355 e. The highest BCUT2D eigenvalue weighted by atomic mass is 32.2. The Labute approximate surface area is 160 Å². The van der Waals surface area contributed by atoms with Crippen molar-refractivity contribution >= 4 is 39.2 Å². The Morgan fingerprint density at radius 1 is 1.31 bits per heavy atom. The number of nitrogens with zero attached hydrogens (tertiary/aromatic N) is 1. The third-order valence-electron chi connectivity index (χ3n) is 3.89. The number of hydrogen-bond donors (Lipinski definition) is 2. The van der Waals surface area contributed by atoms with Crippen molar-refractivity contribution in [2.45, 2.75) is 25.4 Å². The average molecular weight is 388 g/mol. The predicted octanol–water partition coefficient (Wildman–Crippen LogP) is 3.91. The Bertz CT molecular complexity index is 948. The number of carbonyl (C=O) groups is 1. The maximum atomic E-state index is 12.5. The summed E-state index contributed by atoms with van der Waals surface area (Å²) in [6.45, 7) is 4.91. The lowest BCUT2D eigenvalue weighted by Gasteiger charge is -2.06. The van der Waals surface area contributed by atoms with Crippen LogP contribution in [0.5, 0.6) is 0 Å². The molecule has 3 rings (SSSR count). The van der Waals surface area contributed by atoms with E-state index in [1.165, 1.54) is 23.1 Å². The monoisotopic (exact) mass is 387 g/mol. The maximum absolute atomic E-state index is 12.5. The lowest BCUT2D eigenvalue weighted by molar-refractivity contribution is -0.118. The van der Waals surface area contributed by atoms with E-state index >= 15 is 0 Å². The third kappa shape index (κ3) is 4.53. The van der Waals surface area contributed by atoms with Crippen molar-refractivity contribution in [1.29, 1.82) is 0 Å². The Morgan fingerprint density at radius 2 is 2.08 bits per heavy atom. The molecule has 5 nitrogen and oxygen atoms in total. The van der Waals surface area contributed by atoms with Gasteiger partial charge in [0.1, 0.15) is 4.83 Å². The molecule has 0 aliphatic heterocycles. The number of H-pyrrole nitrogens is 1. The maximum Gasteiger partial charge on any atom is 0.260 e. The number of thioether (sulfide) groups is 1. The van der Waals surface area contributed by atoms with Gasteiger partial charge in [0.2, 0.25) is 5.91 Å². The summed E-state index contributed by atoms with van der Waals surface area (Å²) in [5.41, 5.74) is 1.72. The van der Waals surface area contributed by atoms with Gasteiger partial charge in [0.15, 0.2) is 5.16 Å². The number of rotatable bonds is 7. The zero-order valence-corrected chi connectivity index (χ0v) is 16.4. The third-order valence-corrected chi connectivity index (χ3v) is 5.64. The second-order valence-corrected chi connectivity index (χ2v) is 8.21. The molecule has 7 heteroatoms. The van der Waals surface area contributed by atoms with Crippen LogP contribution in [0.1, 0.15) is 20.3 Å². The molecule has 2 N–H and O–H groups in total. The summed E-state index contributed by atoms with van der Waals surface area (Å²) in [4.78, 5) is 32.4. The Hall–Kier alpha value is -2.12. The first-order chi connectivity index (χ1) is 12.5. The van der Waals surface area contributed by atoms with Crippen molar-refractivity contribution in [3.8, 4) is 11.1 Å². The number of nitrogens with one attached hydrogen (secondary N) is 2. The topological polar surface area (TPSA) is 74.8 Å². The fourth-order valence-electron chi connectivity index (χ4n) is 2.51. The summed E-state index contributed by atoms with van der Waals surface area (Å²) in [5, 5.41) is 5.92. The van der Waals surface area contributed by atoms with Crippen LogP contribution >= 0.6 is 23.1 Å². The zero-order valence-electron chi connectivity index (χ0n) is 14.7.